The smallest absolute Gasteiger partial charge is 0.466 e. The molecule has 2 atom stereocenters. The lowest BCUT2D eigenvalue weighted by molar-refractivity contribution is -0.147. The van der Waals surface area contributed by atoms with Crippen LogP contribution < -0.4 is 5.09 Å². The van der Waals surface area contributed by atoms with Gasteiger partial charge in [-0.2, -0.15) is 0 Å². The van der Waals surface area contributed by atoms with Crippen molar-refractivity contribution in [3.8, 4) is 0 Å². The normalized spacial score (nSPS) is 13.3. The Labute approximate surface area is 97.8 Å². The van der Waals surface area contributed by atoms with Gasteiger partial charge in [0.15, 0.2) is 0 Å². The van der Waals surface area contributed by atoms with Crippen molar-refractivity contribution < 1.29 is 18.6 Å². The van der Waals surface area contributed by atoms with Gasteiger partial charge in [0.2, 0.25) is 0 Å². The summed E-state index contributed by atoms with van der Waals surface area (Å²) >= 11 is 0. The summed E-state index contributed by atoms with van der Waals surface area (Å²) in [7, 11) is -1.87. The topological polar surface area (TPSA) is 64.6 Å². The van der Waals surface area contributed by atoms with Crippen LogP contribution in [-0.4, -0.2) is 25.7 Å². The third-order valence-electron chi connectivity index (χ3n) is 1.92. The van der Waals surface area contributed by atoms with Gasteiger partial charge in [0.1, 0.15) is 6.61 Å². The van der Waals surface area contributed by atoms with Gasteiger partial charge in [0, 0.05) is 0 Å². The minimum absolute atomic E-state index is 0.285. The summed E-state index contributed by atoms with van der Waals surface area (Å²) in [4.78, 5) is 11.2. The van der Waals surface area contributed by atoms with E-state index in [0.717, 1.165) is 12.8 Å². The Morgan fingerprint density at radius 3 is 2.69 bits per heavy atom. The summed E-state index contributed by atoms with van der Waals surface area (Å²) < 4.78 is 21.1. The molecule has 0 saturated carbocycles. The Morgan fingerprint density at radius 1 is 1.44 bits per heavy atom. The maximum Gasteiger partial charge on any atom is 0.613 e. The standard InChI is InChI=1S/C10H21NO4P/c1-4-6-7-15-16(13)11-8-9(3)10(12)14-5-2/h9H,4-8H2,1-3H3,(H,11,13)/q+1. The van der Waals surface area contributed by atoms with E-state index in [9.17, 15) is 9.36 Å². The first kappa shape index (κ1) is 15.5. The first-order valence-corrected chi connectivity index (χ1v) is 6.79. The lowest BCUT2D eigenvalue weighted by Gasteiger charge is -2.06. The fraction of sp³-hybridized carbons (Fsp3) is 0.900. The maximum absolute atomic E-state index is 11.3. The molecule has 0 aromatic heterocycles. The average molecular weight is 250 g/mol. The quantitative estimate of drug-likeness (QED) is 0.386. The molecule has 6 heteroatoms. The Kier molecular flexibility index (Phi) is 9.39. The SMILES string of the molecule is CCCCO[P+](=O)NCC(C)C(=O)OCC. The molecule has 0 aliphatic carbocycles. The molecule has 5 nitrogen and oxygen atoms in total. The average Bonchev–Trinajstić information content (AvgIpc) is 2.26. The number of rotatable bonds is 9. The van der Waals surface area contributed by atoms with Gasteiger partial charge < -0.3 is 4.74 Å². The fourth-order valence-electron chi connectivity index (χ4n) is 0.917. The third-order valence-corrected chi connectivity index (χ3v) is 2.78. The molecule has 0 amide bonds. The highest BCUT2D eigenvalue weighted by molar-refractivity contribution is 7.36. The Balaban J connectivity index is 3.62. The summed E-state index contributed by atoms with van der Waals surface area (Å²) in [5.41, 5.74) is 0. The van der Waals surface area contributed by atoms with Gasteiger partial charge in [-0.1, -0.05) is 25.4 Å². The predicted octanol–water partition coefficient (Wildman–Crippen LogP) is 2.25. The van der Waals surface area contributed by atoms with Gasteiger partial charge in [-0.3, -0.25) is 4.79 Å². The van der Waals surface area contributed by atoms with Gasteiger partial charge in [-0.15, -0.1) is 4.52 Å². The zero-order chi connectivity index (χ0) is 12.4. The van der Waals surface area contributed by atoms with E-state index >= 15 is 0 Å². The van der Waals surface area contributed by atoms with Gasteiger partial charge in [-0.05, 0) is 17.9 Å². The zero-order valence-corrected chi connectivity index (χ0v) is 11.1. The molecule has 0 saturated heterocycles. The molecule has 0 aliphatic heterocycles. The number of carbonyl (C=O) groups is 1. The Hall–Kier alpha value is -0.510. The molecular formula is C10H21NO4P+. The van der Waals surface area contributed by atoms with Crippen molar-refractivity contribution in [1.82, 2.24) is 5.09 Å². The number of unbranched alkanes of at least 4 members (excludes halogenated alkanes) is 1. The van der Waals surface area contributed by atoms with Crippen LogP contribution in [0.1, 0.15) is 33.6 Å². The van der Waals surface area contributed by atoms with Gasteiger partial charge in [-0.25, -0.2) is 0 Å². The van der Waals surface area contributed by atoms with E-state index in [-0.39, 0.29) is 11.9 Å². The zero-order valence-electron chi connectivity index (χ0n) is 10.2. The number of hydrogen-bond acceptors (Lipinski definition) is 4. The van der Waals surface area contributed by atoms with Crippen molar-refractivity contribution in [3.05, 3.63) is 0 Å². The summed E-state index contributed by atoms with van der Waals surface area (Å²) in [6.45, 7) is 6.66. The van der Waals surface area contributed by atoms with E-state index in [2.05, 4.69) is 5.09 Å². The van der Waals surface area contributed by atoms with Crippen LogP contribution >= 0.6 is 8.18 Å². The van der Waals surface area contributed by atoms with Crippen LogP contribution in [0.5, 0.6) is 0 Å². The molecule has 0 rings (SSSR count). The monoisotopic (exact) mass is 250 g/mol. The Bertz CT molecular complexity index is 223. The molecule has 1 N–H and O–H groups in total. The molecule has 94 valence electrons. The van der Waals surface area contributed by atoms with Crippen LogP contribution in [0.2, 0.25) is 0 Å². The van der Waals surface area contributed by atoms with Crippen LogP contribution in [0.3, 0.4) is 0 Å². The van der Waals surface area contributed by atoms with Gasteiger partial charge in [0.05, 0.1) is 19.1 Å². The van der Waals surface area contributed by atoms with Crippen LogP contribution in [0.15, 0.2) is 0 Å². The largest absolute Gasteiger partial charge is 0.613 e. The van der Waals surface area contributed by atoms with Crippen molar-refractivity contribution in [3.63, 3.8) is 0 Å². The third kappa shape index (κ3) is 7.74. The van der Waals surface area contributed by atoms with Crippen molar-refractivity contribution in [2.75, 3.05) is 19.8 Å². The predicted molar refractivity (Wildman–Crippen MR) is 62.3 cm³/mol. The van der Waals surface area contributed by atoms with E-state index in [1.807, 2.05) is 6.92 Å². The van der Waals surface area contributed by atoms with Crippen LogP contribution in [-0.2, 0) is 18.6 Å². The van der Waals surface area contributed by atoms with E-state index in [1.165, 1.54) is 0 Å². The number of carbonyl (C=O) groups excluding carboxylic acids is 1. The molecule has 0 bridgehead atoms. The van der Waals surface area contributed by atoms with E-state index < -0.39 is 8.18 Å². The van der Waals surface area contributed by atoms with Crippen LogP contribution in [0, 0.1) is 5.92 Å². The summed E-state index contributed by atoms with van der Waals surface area (Å²) in [6.07, 6.45) is 1.89. The molecule has 0 aliphatic rings. The van der Waals surface area contributed by atoms with Gasteiger partial charge >= 0.3 is 14.1 Å². The number of hydrogen-bond donors (Lipinski definition) is 1. The second kappa shape index (κ2) is 9.70. The minimum Gasteiger partial charge on any atom is -0.466 e. The summed E-state index contributed by atoms with van der Waals surface area (Å²) in [5, 5.41) is 2.67. The number of esters is 1. The first-order valence-electron chi connectivity index (χ1n) is 5.62. The van der Waals surface area contributed by atoms with E-state index in [1.54, 1.807) is 13.8 Å². The molecule has 0 radical (unpaired) electrons. The molecule has 0 fully saturated rings. The highest BCUT2D eigenvalue weighted by atomic mass is 31.1. The highest BCUT2D eigenvalue weighted by Gasteiger charge is 2.22. The lowest BCUT2D eigenvalue weighted by atomic mass is 10.2. The van der Waals surface area contributed by atoms with Crippen molar-refractivity contribution in [1.29, 1.82) is 0 Å². The van der Waals surface area contributed by atoms with E-state index in [0.29, 0.717) is 19.8 Å². The summed E-state index contributed by atoms with van der Waals surface area (Å²) in [6, 6.07) is 0. The van der Waals surface area contributed by atoms with Crippen molar-refractivity contribution in [2.45, 2.75) is 33.6 Å². The summed E-state index contributed by atoms with van der Waals surface area (Å²) in [5.74, 6) is -0.597. The second-order valence-electron chi connectivity index (χ2n) is 3.46. The molecule has 0 aromatic carbocycles. The number of ether oxygens (including phenoxy) is 1. The Morgan fingerprint density at radius 2 is 2.12 bits per heavy atom. The van der Waals surface area contributed by atoms with E-state index in [4.69, 9.17) is 9.26 Å². The molecule has 0 spiro atoms. The van der Waals surface area contributed by atoms with Crippen molar-refractivity contribution in [2.24, 2.45) is 5.92 Å². The molecular weight excluding hydrogens is 229 g/mol. The molecule has 16 heavy (non-hydrogen) atoms. The number of nitrogens with one attached hydrogen (secondary N) is 1. The molecule has 0 heterocycles. The van der Waals surface area contributed by atoms with Crippen LogP contribution in [0.4, 0.5) is 0 Å². The van der Waals surface area contributed by atoms with Crippen LogP contribution in [0.25, 0.3) is 0 Å². The second-order valence-corrected chi connectivity index (χ2v) is 4.55. The molecule has 0 aromatic rings. The van der Waals surface area contributed by atoms with Gasteiger partial charge in [0.25, 0.3) is 0 Å². The maximum atomic E-state index is 11.3. The highest BCUT2D eigenvalue weighted by Crippen LogP contribution is 2.17. The lowest BCUT2D eigenvalue weighted by Crippen LogP contribution is -2.24. The van der Waals surface area contributed by atoms with Crippen molar-refractivity contribution >= 4 is 14.1 Å². The first-order chi connectivity index (χ1) is 7.61. The molecule has 2 unspecified atom stereocenters. The fourth-order valence-corrected chi connectivity index (χ4v) is 1.73. The minimum atomic E-state index is -1.87.